The Morgan fingerprint density at radius 2 is 1.69 bits per heavy atom. The van der Waals surface area contributed by atoms with Crippen LogP contribution in [0.1, 0.15) is 44.1 Å². The summed E-state index contributed by atoms with van der Waals surface area (Å²) in [7, 11) is 5.25. The summed E-state index contributed by atoms with van der Waals surface area (Å²) in [6.07, 6.45) is 6.00. The summed E-state index contributed by atoms with van der Waals surface area (Å²) in [5.41, 5.74) is 2.21. The van der Waals surface area contributed by atoms with Crippen molar-refractivity contribution in [3.8, 4) is 11.8 Å². The lowest BCUT2D eigenvalue weighted by Gasteiger charge is -2.42. The summed E-state index contributed by atoms with van der Waals surface area (Å²) in [6, 6.07) is 13.3. The van der Waals surface area contributed by atoms with Gasteiger partial charge in [-0.1, -0.05) is 11.6 Å². The van der Waals surface area contributed by atoms with Gasteiger partial charge in [0, 0.05) is 48.7 Å². The van der Waals surface area contributed by atoms with Crippen LogP contribution in [0.4, 0.5) is 15.8 Å². The fraction of sp³-hybridized carbons (Fsp3) is 0.429. The topological polar surface area (TPSA) is 61.5 Å². The summed E-state index contributed by atoms with van der Waals surface area (Å²) in [4.78, 5) is 17.5. The van der Waals surface area contributed by atoms with E-state index in [2.05, 4.69) is 15.9 Å². The standard InChI is InChI=1S/C28H30ClFN4O2/c1-32(27-22-14-17(29)4-12-24(22)33(2)28(35)23(27)16-31)19-6-8-20(9-7-19)34(21-10-11-21)25-13-5-18(30)15-26(25)36-3/h4-5,12-15,19-21H,6-11H2,1-3H3/t19-,20+. The van der Waals surface area contributed by atoms with Gasteiger partial charge in [0.1, 0.15) is 23.2 Å². The number of pyridine rings is 1. The number of ether oxygens (including phenoxy) is 1. The Balaban J connectivity index is 1.43. The Morgan fingerprint density at radius 1 is 1.06 bits per heavy atom. The molecule has 0 bridgehead atoms. The van der Waals surface area contributed by atoms with Crippen LogP contribution in [0.15, 0.2) is 41.2 Å². The maximum atomic E-state index is 13.9. The predicted molar refractivity (Wildman–Crippen MR) is 142 cm³/mol. The van der Waals surface area contributed by atoms with Gasteiger partial charge in [0.25, 0.3) is 5.56 Å². The number of fused-ring (bicyclic) bond motifs is 1. The van der Waals surface area contributed by atoms with E-state index >= 15 is 0 Å². The maximum Gasteiger partial charge on any atom is 0.270 e. The van der Waals surface area contributed by atoms with Crippen LogP contribution in [0, 0.1) is 17.1 Å². The number of anilines is 2. The number of aryl methyl sites for hydroxylation is 1. The van der Waals surface area contributed by atoms with Crippen LogP contribution in [-0.4, -0.2) is 36.9 Å². The molecule has 2 aliphatic rings. The summed E-state index contributed by atoms with van der Waals surface area (Å²) in [6.45, 7) is 0. The number of halogens is 2. The van der Waals surface area contributed by atoms with E-state index in [1.54, 1.807) is 20.2 Å². The second-order valence-electron chi connectivity index (χ2n) is 9.89. The number of rotatable bonds is 6. The zero-order valence-electron chi connectivity index (χ0n) is 20.8. The highest BCUT2D eigenvalue weighted by molar-refractivity contribution is 6.31. The molecule has 0 spiro atoms. The fourth-order valence-corrected chi connectivity index (χ4v) is 5.96. The molecule has 0 N–H and O–H groups in total. The van der Waals surface area contributed by atoms with Gasteiger partial charge >= 0.3 is 0 Å². The number of benzene rings is 2. The molecule has 0 unspecified atom stereocenters. The Kier molecular flexibility index (Phi) is 6.57. The molecule has 0 radical (unpaired) electrons. The van der Waals surface area contributed by atoms with E-state index in [1.165, 1.54) is 16.7 Å². The summed E-state index contributed by atoms with van der Waals surface area (Å²) in [5.74, 6) is 0.273. The van der Waals surface area contributed by atoms with Gasteiger partial charge in [0.15, 0.2) is 0 Å². The van der Waals surface area contributed by atoms with E-state index in [4.69, 9.17) is 16.3 Å². The summed E-state index contributed by atoms with van der Waals surface area (Å²) >= 11 is 6.32. The van der Waals surface area contributed by atoms with Gasteiger partial charge in [-0.2, -0.15) is 5.26 Å². The molecule has 0 aliphatic heterocycles. The predicted octanol–water partition coefficient (Wildman–Crippen LogP) is 5.63. The number of methoxy groups -OCH3 is 1. The van der Waals surface area contributed by atoms with Gasteiger partial charge < -0.3 is 19.1 Å². The van der Waals surface area contributed by atoms with E-state index in [0.29, 0.717) is 28.5 Å². The molecular formula is C28H30ClFN4O2. The lowest BCUT2D eigenvalue weighted by Crippen LogP contribution is -2.45. The third kappa shape index (κ3) is 4.28. The van der Waals surface area contributed by atoms with Gasteiger partial charge in [-0.15, -0.1) is 0 Å². The number of aromatic nitrogens is 1. The molecule has 1 heterocycles. The summed E-state index contributed by atoms with van der Waals surface area (Å²) in [5, 5.41) is 11.3. The van der Waals surface area contributed by atoms with Crippen LogP contribution < -0.4 is 20.1 Å². The molecule has 36 heavy (non-hydrogen) atoms. The van der Waals surface area contributed by atoms with Crippen molar-refractivity contribution in [2.24, 2.45) is 7.05 Å². The lowest BCUT2D eigenvalue weighted by atomic mass is 9.88. The highest BCUT2D eigenvalue weighted by atomic mass is 35.5. The van der Waals surface area contributed by atoms with Gasteiger partial charge in [-0.3, -0.25) is 4.79 Å². The molecule has 2 aromatic carbocycles. The second kappa shape index (κ2) is 9.67. The van der Waals surface area contributed by atoms with Crippen molar-refractivity contribution in [1.82, 2.24) is 4.57 Å². The first-order valence-electron chi connectivity index (χ1n) is 12.4. The lowest BCUT2D eigenvalue weighted by molar-refractivity contribution is 0.360. The molecule has 5 rings (SSSR count). The quantitative estimate of drug-likeness (QED) is 0.432. The molecule has 188 valence electrons. The van der Waals surface area contributed by atoms with Crippen molar-refractivity contribution in [2.45, 2.75) is 56.7 Å². The van der Waals surface area contributed by atoms with Crippen LogP contribution >= 0.6 is 11.6 Å². The smallest absolute Gasteiger partial charge is 0.270 e. The Morgan fingerprint density at radius 3 is 2.31 bits per heavy atom. The minimum Gasteiger partial charge on any atom is -0.494 e. The highest BCUT2D eigenvalue weighted by Gasteiger charge is 2.38. The molecule has 0 saturated heterocycles. The third-order valence-corrected chi connectivity index (χ3v) is 8.00. The van der Waals surface area contributed by atoms with Crippen molar-refractivity contribution < 1.29 is 9.13 Å². The molecule has 2 saturated carbocycles. The first-order valence-corrected chi connectivity index (χ1v) is 12.8. The van der Waals surface area contributed by atoms with E-state index in [-0.39, 0.29) is 23.0 Å². The van der Waals surface area contributed by atoms with Crippen LogP contribution in [0.25, 0.3) is 10.9 Å². The maximum absolute atomic E-state index is 13.9. The molecule has 2 aliphatic carbocycles. The van der Waals surface area contributed by atoms with Crippen LogP contribution in [-0.2, 0) is 7.05 Å². The van der Waals surface area contributed by atoms with Gasteiger partial charge in [0.2, 0.25) is 0 Å². The molecule has 0 atom stereocenters. The molecule has 1 aromatic heterocycles. The Labute approximate surface area is 215 Å². The van der Waals surface area contributed by atoms with E-state index < -0.39 is 0 Å². The average Bonchev–Trinajstić information content (AvgIpc) is 3.72. The minimum atomic E-state index is -0.300. The average molecular weight is 509 g/mol. The van der Waals surface area contributed by atoms with Crippen molar-refractivity contribution in [2.75, 3.05) is 24.0 Å². The minimum absolute atomic E-state index is 0.146. The van der Waals surface area contributed by atoms with Crippen molar-refractivity contribution in [3.05, 3.63) is 63.2 Å². The first kappa shape index (κ1) is 24.5. The third-order valence-electron chi connectivity index (χ3n) is 7.76. The van der Waals surface area contributed by atoms with Crippen molar-refractivity contribution in [3.63, 3.8) is 0 Å². The molecule has 0 amide bonds. The molecule has 8 heteroatoms. The van der Waals surface area contributed by atoms with E-state index in [9.17, 15) is 14.4 Å². The van der Waals surface area contributed by atoms with Crippen LogP contribution in [0.3, 0.4) is 0 Å². The van der Waals surface area contributed by atoms with Crippen molar-refractivity contribution in [1.29, 1.82) is 5.26 Å². The highest BCUT2D eigenvalue weighted by Crippen LogP contribution is 2.43. The van der Waals surface area contributed by atoms with E-state index in [1.807, 2.05) is 25.2 Å². The monoisotopic (exact) mass is 508 g/mol. The van der Waals surface area contributed by atoms with Crippen molar-refractivity contribution >= 4 is 33.9 Å². The fourth-order valence-electron chi connectivity index (χ4n) is 5.79. The first-order chi connectivity index (χ1) is 17.3. The molecule has 3 aromatic rings. The Hall–Kier alpha value is -3.24. The van der Waals surface area contributed by atoms with Gasteiger partial charge in [-0.25, -0.2) is 4.39 Å². The zero-order chi connectivity index (χ0) is 25.6. The number of hydrogen-bond donors (Lipinski definition) is 0. The van der Waals surface area contributed by atoms with Gasteiger partial charge in [-0.05, 0) is 68.9 Å². The molecule has 2 fully saturated rings. The van der Waals surface area contributed by atoms with Gasteiger partial charge in [0.05, 0.1) is 24.0 Å². The van der Waals surface area contributed by atoms with E-state index in [0.717, 1.165) is 55.1 Å². The molecule has 6 nitrogen and oxygen atoms in total. The van der Waals surface area contributed by atoms with Crippen LogP contribution in [0.2, 0.25) is 5.02 Å². The number of hydrogen-bond acceptors (Lipinski definition) is 5. The normalized spacial score (nSPS) is 19.7. The van der Waals surface area contributed by atoms with Crippen LogP contribution in [0.5, 0.6) is 5.75 Å². The SMILES string of the molecule is COc1cc(F)ccc1N(C1CC1)[C@H]1CC[C@@H](N(C)c2c(C#N)c(=O)n(C)c3ccc(Cl)cc23)CC1. The number of nitriles is 1. The molecular weight excluding hydrogens is 479 g/mol. The second-order valence-corrected chi connectivity index (χ2v) is 10.3. The summed E-state index contributed by atoms with van der Waals surface area (Å²) < 4.78 is 20.9. The zero-order valence-corrected chi connectivity index (χ0v) is 21.6. The number of nitrogens with zero attached hydrogens (tertiary/aromatic N) is 4. The largest absolute Gasteiger partial charge is 0.494 e. The Bertz CT molecular complexity index is 1400.